The van der Waals surface area contributed by atoms with Crippen LogP contribution in [0.15, 0.2) is 6.33 Å². The second-order valence-electron chi connectivity index (χ2n) is 7.09. The van der Waals surface area contributed by atoms with E-state index in [0.29, 0.717) is 13.0 Å². The molecule has 2 fully saturated rings. The minimum atomic E-state index is -0.844. The average Bonchev–Trinajstić information content (AvgIpc) is 3.18. The smallest absolute Gasteiger partial charge is 0.225 e. The number of hydrogen-bond acceptors (Lipinski definition) is 5. The number of fused-ring (bicyclic) bond motifs is 1. The predicted octanol–water partition coefficient (Wildman–Crippen LogP) is 3.09. The molecule has 0 spiro atoms. The van der Waals surface area contributed by atoms with Gasteiger partial charge in [-0.2, -0.15) is 0 Å². The first-order valence-corrected chi connectivity index (χ1v) is 9.74. The summed E-state index contributed by atoms with van der Waals surface area (Å²) < 4.78 is 13.4. The molecule has 0 radical (unpaired) electrons. The van der Waals surface area contributed by atoms with Crippen molar-refractivity contribution in [2.24, 2.45) is 5.92 Å². The van der Waals surface area contributed by atoms with Crippen molar-refractivity contribution in [1.29, 1.82) is 0 Å². The fraction of sp³-hybridized carbons (Fsp3) is 0.611. The average molecular weight is 362 g/mol. The number of amides is 1. The molecule has 1 atom stereocenters. The van der Waals surface area contributed by atoms with E-state index in [0.717, 1.165) is 42.0 Å². The summed E-state index contributed by atoms with van der Waals surface area (Å²) in [5.74, 6) is 1.14. The SMILES string of the molecule is Cc1sc2ncnc(N3CCC(C(=O)N4CC[C@H](F)C4)CC3)c2c1C. The number of aromatic nitrogens is 2. The molecule has 7 heteroatoms. The maximum atomic E-state index is 13.4. The van der Waals surface area contributed by atoms with Crippen LogP contribution in [0.25, 0.3) is 10.2 Å². The zero-order valence-electron chi connectivity index (χ0n) is 14.7. The maximum absolute atomic E-state index is 13.4. The Balaban J connectivity index is 1.48. The Hall–Kier alpha value is -1.76. The van der Waals surface area contributed by atoms with Crippen LogP contribution >= 0.6 is 11.3 Å². The summed E-state index contributed by atoms with van der Waals surface area (Å²) in [6, 6.07) is 0. The van der Waals surface area contributed by atoms with Gasteiger partial charge in [0.2, 0.25) is 5.91 Å². The summed E-state index contributed by atoms with van der Waals surface area (Å²) in [7, 11) is 0. The van der Waals surface area contributed by atoms with Gasteiger partial charge in [0, 0.05) is 30.4 Å². The van der Waals surface area contributed by atoms with Gasteiger partial charge in [0.15, 0.2) is 0 Å². The molecule has 2 aromatic rings. The highest BCUT2D eigenvalue weighted by atomic mass is 32.1. The number of likely N-dealkylation sites (tertiary alicyclic amines) is 1. The van der Waals surface area contributed by atoms with Crippen LogP contribution in [0.4, 0.5) is 10.2 Å². The normalized spacial score (nSPS) is 22.1. The highest BCUT2D eigenvalue weighted by Crippen LogP contribution is 2.35. The van der Waals surface area contributed by atoms with Gasteiger partial charge in [-0.25, -0.2) is 14.4 Å². The number of anilines is 1. The molecule has 2 aliphatic heterocycles. The Kier molecular flexibility index (Phi) is 4.35. The summed E-state index contributed by atoms with van der Waals surface area (Å²) >= 11 is 1.71. The van der Waals surface area contributed by atoms with Crippen molar-refractivity contribution in [2.45, 2.75) is 39.3 Å². The molecular formula is C18H23FN4OS. The lowest BCUT2D eigenvalue weighted by Gasteiger charge is -2.34. The van der Waals surface area contributed by atoms with E-state index >= 15 is 0 Å². The van der Waals surface area contributed by atoms with E-state index in [1.165, 1.54) is 10.4 Å². The molecule has 2 aliphatic rings. The van der Waals surface area contributed by atoms with Gasteiger partial charge in [-0.15, -0.1) is 11.3 Å². The summed E-state index contributed by atoms with van der Waals surface area (Å²) in [5.41, 5.74) is 1.25. The number of halogens is 1. The Bertz CT molecular complexity index is 800. The Morgan fingerprint density at radius 3 is 2.64 bits per heavy atom. The maximum Gasteiger partial charge on any atom is 0.225 e. The molecule has 4 heterocycles. The van der Waals surface area contributed by atoms with Crippen LogP contribution < -0.4 is 4.90 Å². The van der Waals surface area contributed by atoms with Gasteiger partial charge >= 0.3 is 0 Å². The first kappa shape index (κ1) is 16.7. The van der Waals surface area contributed by atoms with E-state index in [-0.39, 0.29) is 18.4 Å². The van der Waals surface area contributed by atoms with Crippen LogP contribution in [-0.4, -0.2) is 53.1 Å². The molecule has 0 saturated carbocycles. The molecule has 0 aliphatic carbocycles. The molecule has 4 rings (SSSR count). The third-order valence-corrected chi connectivity index (χ3v) is 6.65. The number of hydrogen-bond donors (Lipinski definition) is 0. The van der Waals surface area contributed by atoms with Crippen LogP contribution in [0.3, 0.4) is 0 Å². The van der Waals surface area contributed by atoms with Crippen molar-refractivity contribution >= 4 is 33.3 Å². The quantitative estimate of drug-likeness (QED) is 0.824. The first-order valence-electron chi connectivity index (χ1n) is 8.93. The first-order chi connectivity index (χ1) is 12.0. The van der Waals surface area contributed by atoms with Gasteiger partial charge in [-0.1, -0.05) is 0 Å². The lowest BCUT2D eigenvalue weighted by molar-refractivity contribution is -0.135. The number of carbonyl (C=O) groups is 1. The number of thiophene rings is 1. The minimum absolute atomic E-state index is 0.0178. The molecule has 0 N–H and O–H groups in total. The second-order valence-corrected chi connectivity index (χ2v) is 8.30. The summed E-state index contributed by atoms with van der Waals surface area (Å²) in [6.07, 6.45) is 2.89. The van der Waals surface area contributed by atoms with E-state index in [9.17, 15) is 9.18 Å². The number of aryl methyl sites for hydroxylation is 2. The molecule has 25 heavy (non-hydrogen) atoms. The highest BCUT2D eigenvalue weighted by molar-refractivity contribution is 7.18. The van der Waals surface area contributed by atoms with E-state index < -0.39 is 6.17 Å². The monoisotopic (exact) mass is 362 g/mol. The Labute approximate surface area is 150 Å². The van der Waals surface area contributed by atoms with Gasteiger partial charge in [0.1, 0.15) is 23.1 Å². The number of rotatable bonds is 2. The van der Waals surface area contributed by atoms with Crippen molar-refractivity contribution in [1.82, 2.24) is 14.9 Å². The molecule has 1 amide bonds. The molecule has 134 valence electrons. The zero-order valence-corrected chi connectivity index (χ0v) is 15.5. The van der Waals surface area contributed by atoms with Crippen molar-refractivity contribution in [3.05, 3.63) is 16.8 Å². The zero-order chi connectivity index (χ0) is 17.6. The fourth-order valence-electron chi connectivity index (χ4n) is 3.92. The van der Waals surface area contributed by atoms with Crippen molar-refractivity contribution in [2.75, 3.05) is 31.1 Å². The van der Waals surface area contributed by atoms with Gasteiger partial charge < -0.3 is 9.80 Å². The second kappa shape index (κ2) is 6.52. The van der Waals surface area contributed by atoms with Crippen molar-refractivity contribution in [3.8, 4) is 0 Å². The third kappa shape index (κ3) is 2.99. The van der Waals surface area contributed by atoms with E-state index in [1.807, 2.05) is 0 Å². The van der Waals surface area contributed by atoms with E-state index in [2.05, 4.69) is 28.7 Å². The summed E-state index contributed by atoms with van der Waals surface area (Å²) in [5, 5.41) is 1.15. The molecule has 2 aromatic heterocycles. The van der Waals surface area contributed by atoms with Gasteiger partial charge in [0.25, 0.3) is 0 Å². The summed E-state index contributed by atoms with van der Waals surface area (Å²) in [4.78, 5) is 27.8. The van der Waals surface area contributed by atoms with Crippen LogP contribution in [-0.2, 0) is 4.79 Å². The lowest BCUT2D eigenvalue weighted by Crippen LogP contribution is -2.42. The number of nitrogens with zero attached hydrogens (tertiary/aromatic N) is 4. The van der Waals surface area contributed by atoms with Gasteiger partial charge in [-0.3, -0.25) is 4.79 Å². The van der Waals surface area contributed by atoms with E-state index in [4.69, 9.17) is 0 Å². The minimum Gasteiger partial charge on any atom is -0.356 e. The molecule has 5 nitrogen and oxygen atoms in total. The Morgan fingerprint density at radius 2 is 1.96 bits per heavy atom. The predicted molar refractivity (Wildman–Crippen MR) is 97.9 cm³/mol. The fourth-order valence-corrected chi connectivity index (χ4v) is 4.91. The molecular weight excluding hydrogens is 339 g/mol. The van der Waals surface area contributed by atoms with Crippen LogP contribution in [0.2, 0.25) is 0 Å². The van der Waals surface area contributed by atoms with Crippen LogP contribution in [0, 0.1) is 19.8 Å². The van der Waals surface area contributed by atoms with Crippen molar-refractivity contribution < 1.29 is 9.18 Å². The number of carbonyl (C=O) groups excluding carboxylic acids is 1. The largest absolute Gasteiger partial charge is 0.356 e. The van der Waals surface area contributed by atoms with Crippen molar-refractivity contribution in [3.63, 3.8) is 0 Å². The molecule has 0 unspecified atom stereocenters. The topological polar surface area (TPSA) is 49.3 Å². The molecule has 0 bridgehead atoms. The summed E-state index contributed by atoms with van der Waals surface area (Å²) in [6.45, 7) is 6.70. The van der Waals surface area contributed by atoms with Gasteiger partial charge in [-0.05, 0) is 38.7 Å². The molecule has 0 aromatic carbocycles. The lowest BCUT2D eigenvalue weighted by atomic mass is 9.95. The standard InChI is InChI=1S/C18H23FN4OS/c1-11-12(2)25-17-15(11)16(20-10-21-17)22-6-3-13(4-7-22)18(24)23-8-5-14(19)9-23/h10,13-14H,3-9H2,1-2H3/t14-/m0/s1. The Morgan fingerprint density at radius 1 is 1.20 bits per heavy atom. The highest BCUT2D eigenvalue weighted by Gasteiger charge is 2.33. The van der Waals surface area contributed by atoms with Crippen LogP contribution in [0.1, 0.15) is 29.7 Å². The van der Waals surface area contributed by atoms with E-state index in [1.54, 1.807) is 22.6 Å². The van der Waals surface area contributed by atoms with Gasteiger partial charge in [0.05, 0.1) is 11.9 Å². The number of alkyl halides is 1. The number of piperidine rings is 1. The molecule has 2 saturated heterocycles. The third-order valence-electron chi connectivity index (χ3n) is 5.53. The van der Waals surface area contributed by atoms with Crippen LogP contribution in [0.5, 0.6) is 0 Å².